The molecule has 0 aliphatic heterocycles. The van der Waals surface area contributed by atoms with E-state index < -0.39 is 0 Å². The van der Waals surface area contributed by atoms with Crippen LogP contribution in [0.3, 0.4) is 0 Å². The van der Waals surface area contributed by atoms with Gasteiger partial charge in [0.1, 0.15) is 17.7 Å². The quantitative estimate of drug-likeness (QED) is 0.391. The van der Waals surface area contributed by atoms with E-state index in [4.69, 9.17) is 6.57 Å². The predicted molar refractivity (Wildman–Crippen MR) is 141 cm³/mol. The minimum atomic E-state index is -0.379. The van der Waals surface area contributed by atoms with E-state index in [1.54, 1.807) is 7.05 Å². The standard InChI is InChI=1S/C28H33N7O/c1-29-21-13-14-22-20(17-21)11-8-12-23(22)31-27(36)26(19-9-4-3-5-10-19)32-24-18-25(34-28(30-2)33-24)35-15-6-7-16-35/h6-7,13-19,23,26H,3-5,8-12H2,2H3,(H,31,36)(H2,30,32,33,34)/t23-,26-/m1/s1. The third-order valence-corrected chi connectivity index (χ3v) is 7.40. The first-order valence-corrected chi connectivity index (χ1v) is 12.9. The lowest BCUT2D eigenvalue weighted by molar-refractivity contribution is -0.124. The van der Waals surface area contributed by atoms with Crippen molar-refractivity contribution in [1.29, 1.82) is 0 Å². The average molecular weight is 484 g/mol. The molecule has 8 nitrogen and oxygen atoms in total. The van der Waals surface area contributed by atoms with Crippen LogP contribution >= 0.6 is 0 Å². The zero-order valence-corrected chi connectivity index (χ0v) is 20.7. The number of nitrogens with one attached hydrogen (secondary N) is 3. The number of carbonyl (C=O) groups excluding carboxylic acids is 1. The molecule has 186 valence electrons. The normalized spacial score (nSPS) is 18.5. The highest BCUT2D eigenvalue weighted by atomic mass is 16.2. The van der Waals surface area contributed by atoms with Crippen molar-refractivity contribution in [2.24, 2.45) is 5.92 Å². The molecule has 1 saturated carbocycles. The minimum Gasteiger partial charge on any atom is -0.358 e. The molecule has 3 N–H and O–H groups in total. The number of amides is 1. The van der Waals surface area contributed by atoms with Crippen LogP contribution in [0.2, 0.25) is 0 Å². The van der Waals surface area contributed by atoms with Gasteiger partial charge in [0.15, 0.2) is 5.69 Å². The molecule has 3 aromatic rings. The zero-order chi connectivity index (χ0) is 24.9. The number of carbonyl (C=O) groups is 1. The van der Waals surface area contributed by atoms with Gasteiger partial charge in [0, 0.05) is 25.5 Å². The van der Waals surface area contributed by atoms with Crippen molar-refractivity contribution in [3.8, 4) is 5.82 Å². The number of nitrogens with zero attached hydrogens (tertiary/aromatic N) is 4. The third kappa shape index (κ3) is 5.20. The van der Waals surface area contributed by atoms with Gasteiger partial charge in [-0.1, -0.05) is 43.0 Å². The predicted octanol–water partition coefficient (Wildman–Crippen LogP) is 5.41. The van der Waals surface area contributed by atoms with Crippen molar-refractivity contribution in [3.63, 3.8) is 0 Å². The van der Waals surface area contributed by atoms with Gasteiger partial charge < -0.3 is 20.5 Å². The zero-order valence-electron chi connectivity index (χ0n) is 20.7. The summed E-state index contributed by atoms with van der Waals surface area (Å²) < 4.78 is 1.93. The van der Waals surface area contributed by atoms with Gasteiger partial charge in [0.2, 0.25) is 11.9 Å². The highest BCUT2D eigenvalue weighted by Gasteiger charge is 2.32. The van der Waals surface area contributed by atoms with Crippen molar-refractivity contribution in [3.05, 3.63) is 71.3 Å². The fourth-order valence-electron chi connectivity index (χ4n) is 5.55. The molecule has 0 radical (unpaired) electrons. The Bertz CT molecular complexity index is 1240. The number of aromatic nitrogens is 3. The van der Waals surface area contributed by atoms with Crippen LogP contribution in [0, 0.1) is 12.5 Å². The number of hydrogen-bond donors (Lipinski definition) is 3. The molecule has 2 aliphatic rings. The number of benzene rings is 1. The van der Waals surface area contributed by atoms with Crippen molar-refractivity contribution >= 4 is 23.4 Å². The lowest BCUT2D eigenvalue weighted by Crippen LogP contribution is -2.47. The van der Waals surface area contributed by atoms with Crippen LogP contribution in [0.5, 0.6) is 0 Å². The maximum atomic E-state index is 13.8. The number of rotatable bonds is 7. The van der Waals surface area contributed by atoms with E-state index in [0.717, 1.165) is 56.3 Å². The van der Waals surface area contributed by atoms with Gasteiger partial charge in [0.05, 0.1) is 12.6 Å². The van der Waals surface area contributed by atoms with Gasteiger partial charge in [-0.3, -0.25) is 4.79 Å². The number of fused-ring (bicyclic) bond motifs is 1. The van der Waals surface area contributed by atoms with Crippen LogP contribution in [0.25, 0.3) is 10.7 Å². The number of hydrogen-bond acceptors (Lipinski definition) is 5. The molecular weight excluding hydrogens is 450 g/mol. The summed E-state index contributed by atoms with van der Waals surface area (Å²) in [5.41, 5.74) is 2.97. The molecule has 8 heteroatoms. The SMILES string of the molecule is [C-]#[N+]c1ccc2c(c1)CCC[C@H]2NC(=O)[C@H](Nc1cc(-n2cccc2)nc(NC)n1)C1CCCCC1. The molecule has 2 aliphatic carbocycles. The maximum absolute atomic E-state index is 13.8. The van der Waals surface area contributed by atoms with Crippen LogP contribution in [0.4, 0.5) is 17.5 Å². The smallest absolute Gasteiger partial charge is 0.243 e. The molecule has 1 fully saturated rings. The molecule has 36 heavy (non-hydrogen) atoms. The molecule has 2 atom stereocenters. The Hall–Kier alpha value is -3.86. The van der Waals surface area contributed by atoms with E-state index in [9.17, 15) is 4.79 Å². The van der Waals surface area contributed by atoms with Crippen LogP contribution in [-0.4, -0.2) is 33.5 Å². The summed E-state index contributed by atoms with van der Waals surface area (Å²) in [6, 6.07) is 11.2. The summed E-state index contributed by atoms with van der Waals surface area (Å²) >= 11 is 0. The van der Waals surface area contributed by atoms with E-state index in [1.165, 1.54) is 12.0 Å². The molecule has 2 heterocycles. The first-order valence-electron chi connectivity index (χ1n) is 12.9. The van der Waals surface area contributed by atoms with E-state index >= 15 is 0 Å². The molecular formula is C28H33N7O. The van der Waals surface area contributed by atoms with Crippen molar-refractivity contribution < 1.29 is 4.79 Å². The Kier molecular flexibility index (Phi) is 7.17. The Morgan fingerprint density at radius 3 is 2.64 bits per heavy atom. The fraction of sp³-hybridized carbons (Fsp3) is 0.429. The first kappa shape index (κ1) is 23.9. The molecule has 1 aromatic carbocycles. The second kappa shape index (κ2) is 10.8. The van der Waals surface area contributed by atoms with Gasteiger partial charge in [0.25, 0.3) is 0 Å². The summed E-state index contributed by atoms with van der Waals surface area (Å²) in [5.74, 6) is 2.13. The summed E-state index contributed by atoms with van der Waals surface area (Å²) in [5, 5.41) is 9.90. The summed E-state index contributed by atoms with van der Waals surface area (Å²) in [6.07, 6.45) is 12.3. The van der Waals surface area contributed by atoms with Crippen LogP contribution in [-0.2, 0) is 11.2 Å². The van der Waals surface area contributed by atoms with E-state index in [1.807, 2.05) is 53.4 Å². The first-order chi connectivity index (χ1) is 17.6. The third-order valence-electron chi connectivity index (χ3n) is 7.40. The van der Waals surface area contributed by atoms with Gasteiger partial charge in [-0.15, -0.1) is 0 Å². The largest absolute Gasteiger partial charge is 0.358 e. The Morgan fingerprint density at radius 1 is 1.08 bits per heavy atom. The van der Waals surface area contributed by atoms with Crippen LogP contribution in [0.1, 0.15) is 62.1 Å². The van der Waals surface area contributed by atoms with Crippen LogP contribution in [0.15, 0.2) is 48.8 Å². The minimum absolute atomic E-state index is 0.0149. The van der Waals surface area contributed by atoms with Crippen molar-refractivity contribution in [1.82, 2.24) is 19.9 Å². The van der Waals surface area contributed by atoms with Crippen molar-refractivity contribution in [2.75, 3.05) is 17.7 Å². The molecule has 5 rings (SSSR count). The van der Waals surface area contributed by atoms with Crippen LogP contribution < -0.4 is 16.0 Å². The second-order valence-corrected chi connectivity index (χ2v) is 9.74. The summed E-state index contributed by atoms with van der Waals surface area (Å²) in [6.45, 7) is 7.32. The average Bonchev–Trinajstić information content (AvgIpc) is 3.47. The molecule has 0 unspecified atom stereocenters. The summed E-state index contributed by atoms with van der Waals surface area (Å²) in [4.78, 5) is 26.6. The molecule has 2 aromatic heterocycles. The Balaban J connectivity index is 1.41. The maximum Gasteiger partial charge on any atom is 0.243 e. The molecule has 0 spiro atoms. The lowest BCUT2D eigenvalue weighted by Gasteiger charge is -2.33. The van der Waals surface area contributed by atoms with E-state index in [-0.39, 0.29) is 23.9 Å². The highest BCUT2D eigenvalue weighted by Crippen LogP contribution is 2.34. The van der Waals surface area contributed by atoms with Gasteiger partial charge in [-0.25, -0.2) is 4.85 Å². The molecule has 0 bridgehead atoms. The Labute approximate surface area is 212 Å². The monoisotopic (exact) mass is 483 g/mol. The summed E-state index contributed by atoms with van der Waals surface area (Å²) in [7, 11) is 1.80. The van der Waals surface area contributed by atoms with Gasteiger partial charge >= 0.3 is 0 Å². The number of aryl methyl sites for hydroxylation is 1. The van der Waals surface area contributed by atoms with Gasteiger partial charge in [-0.05, 0) is 55.7 Å². The number of anilines is 2. The lowest BCUT2D eigenvalue weighted by atomic mass is 9.82. The molecule has 0 saturated heterocycles. The highest BCUT2D eigenvalue weighted by molar-refractivity contribution is 5.85. The second-order valence-electron chi connectivity index (χ2n) is 9.74. The van der Waals surface area contributed by atoms with E-state index in [2.05, 4.69) is 30.8 Å². The van der Waals surface area contributed by atoms with Crippen molar-refractivity contribution in [2.45, 2.75) is 63.5 Å². The Morgan fingerprint density at radius 2 is 1.89 bits per heavy atom. The van der Waals surface area contributed by atoms with Gasteiger partial charge in [-0.2, -0.15) is 9.97 Å². The fourth-order valence-corrected chi connectivity index (χ4v) is 5.55. The molecule has 1 amide bonds. The topological polar surface area (TPSA) is 88.2 Å². The van der Waals surface area contributed by atoms with E-state index in [0.29, 0.717) is 17.5 Å².